The van der Waals surface area contributed by atoms with Crippen molar-refractivity contribution in [2.45, 2.75) is 31.3 Å². The number of amides is 1. The van der Waals surface area contributed by atoms with Gasteiger partial charge in [-0.2, -0.15) is 0 Å². The lowest BCUT2D eigenvalue weighted by atomic mass is 10.3. The smallest absolute Gasteiger partial charge is 0.235 e. The molecule has 6 heteroatoms. The molecule has 1 aromatic heterocycles. The molecule has 1 N–H and O–H groups in total. The number of hydrogen-bond donors (Lipinski definition) is 1. The average Bonchev–Trinajstić information content (AvgIpc) is 2.85. The number of fused-ring (bicyclic) bond motifs is 1. The first-order valence-corrected chi connectivity index (χ1v) is 8.81. The average molecular weight is 310 g/mol. The molecule has 1 heterocycles. The van der Waals surface area contributed by atoms with Crippen molar-refractivity contribution in [2.24, 2.45) is 0 Å². The third-order valence-electron chi connectivity index (χ3n) is 2.92. The van der Waals surface area contributed by atoms with Crippen LogP contribution in [0.4, 0.5) is 0 Å². The molecule has 2 atom stereocenters. The molecule has 0 aliphatic carbocycles. The Morgan fingerprint density at radius 2 is 2.20 bits per heavy atom. The maximum absolute atomic E-state index is 12.2. The van der Waals surface area contributed by atoms with Crippen molar-refractivity contribution < 1.29 is 9.00 Å². The number of thiazole rings is 1. The van der Waals surface area contributed by atoms with Gasteiger partial charge in [-0.25, -0.2) is 4.98 Å². The van der Waals surface area contributed by atoms with Gasteiger partial charge in [-0.05, 0) is 25.5 Å². The van der Waals surface area contributed by atoms with Gasteiger partial charge in [0.1, 0.15) is 10.3 Å². The number of benzene rings is 1. The highest BCUT2D eigenvalue weighted by Gasteiger charge is 2.20. The lowest BCUT2D eigenvalue weighted by Gasteiger charge is -2.10. The molecule has 0 saturated carbocycles. The summed E-state index contributed by atoms with van der Waals surface area (Å²) in [5.74, 6) is 0.186. The van der Waals surface area contributed by atoms with Gasteiger partial charge in [-0.15, -0.1) is 11.3 Å². The van der Waals surface area contributed by atoms with E-state index in [2.05, 4.69) is 10.3 Å². The van der Waals surface area contributed by atoms with Gasteiger partial charge < -0.3 is 5.32 Å². The molecule has 0 radical (unpaired) electrons. The standard InChI is InChI=1S/C14H18N2O2S2/c1-3-8-15-14(17)10(2)20(18)9-13-16-11-6-4-5-7-12(11)19-13/h4-7,10H,3,8-9H2,1-2H3,(H,15,17)/t10-,20-/m1/s1. The van der Waals surface area contributed by atoms with Crippen LogP contribution in [0.15, 0.2) is 24.3 Å². The van der Waals surface area contributed by atoms with E-state index >= 15 is 0 Å². The van der Waals surface area contributed by atoms with Gasteiger partial charge in [-0.1, -0.05) is 19.1 Å². The normalized spacial score (nSPS) is 14.1. The molecule has 0 aliphatic rings. The molecule has 20 heavy (non-hydrogen) atoms. The molecule has 0 unspecified atom stereocenters. The van der Waals surface area contributed by atoms with E-state index in [4.69, 9.17) is 0 Å². The number of rotatable bonds is 6. The van der Waals surface area contributed by atoms with E-state index in [0.29, 0.717) is 12.3 Å². The zero-order valence-electron chi connectivity index (χ0n) is 11.6. The molecule has 1 amide bonds. The highest BCUT2D eigenvalue weighted by atomic mass is 32.2. The van der Waals surface area contributed by atoms with Crippen molar-refractivity contribution >= 4 is 38.3 Å². The Bertz CT molecular complexity index is 591. The Morgan fingerprint density at radius 3 is 2.90 bits per heavy atom. The zero-order chi connectivity index (χ0) is 14.5. The molecule has 0 aliphatic heterocycles. The number of para-hydroxylation sites is 1. The molecule has 0 bridgehead atoms. The van der Waals surface area contributed by atoms with Gasteiger partial charge in [0.2, 0.25) is 5.91 Å². The fraction of sp³-hybridized carbons (Fsp3) is 0.429. The van der Waals surface area contributed by atoms with Crippen molar-refractivity contribution in [3.8, 4) is 0 Å². The number of carbonyl (C=O) groups excluding carboxylic acids is 1. The molecule has 0 saturated heterocycles. The largest absolute Gasteiger partial charge is 0.355 e. The third-order valence-corrected chi connectivity index (χ3v) is 5.70. The first-order valence-electron chi connectivity index (χ1n) is 6.61. The van der Waals surface area contributed by atoms with Gasteiger partial charge >= 0.3 is 0 Å². The number of aromatic nitrogens is 1. The quantitative estimate of drug-likeness (QED) is 0.891. The van der Waals surface area contributed by atoms with Gasteiger partial charge in [0.05, 0.1) is 16.0 Å². The second kappa shape index (κ2) is 6.95. The minimum Gasteiger partial charge on any atom is -0.355 e. The molecule has 2 aromatic rings. The predicted octanol–water partition coefficient (Wildman–Crippen LogP) is 2.46. The van der Waals surface area contributed by atoms with E-state index in [9.17, 15) is 9.00 Å². The first-order chi connectivity index (χ1) is 9.61. The number of hydrogen-bond acceptors (Lipinski definition) is 4. The Kier molecular flexibility index (Phi) is 5.25. The van der Waals surface area contributed by atoms with E-state index in [1.54, 1.807) is 6.92 Å². The Morgan fingerprint density at radius 1 is 1.45 bits per heavy atom. The van der Waals surface area contributed by atoms with Crippen LogP contribution in [0, 0.1) is 0 Å². The zero-order valence-corrected chi connectivity index (χ0v) is 13.2. The molecule has 108 valence electrons. The maximum Gasteiger partial charge on any atom is 0.235 e. The number of nitrogens with one attached hydrogen (secondary N) is 1. The summed E-state index contributed by atoms with van der Waals surface area (Å²) in [4.78, 5) is 16.2. The topological polar surface area (TPSA) is 59.1 Å². The fourth-order valence-electron chi connectivity index (χ4n) is 1.74. The van der Waals surface area contributed by atoms with Crippen LogP contribution in [0.3, 0.4) is 0 Å². The van der Waals surface area contributed by atoms with Crippen molar-refractivity contribution in [1.82, 2.24) is 10.3 Å². The predicted molar refractivity (Wildman–Crippen MR) is 84.2 cm³/mol. The van der Waals surface area contributed by atoms with E-state index in [1.807, 2.05) is 31.2 Å². The van der Waals surface area contributed by atoms with Gasteiger partial charge in [0.15, 0.2) is 0 Å². The maximum atomic E-state index is 12.2. The monoisotopic (exact) mass is 310 g/mol. The molecular formula is C14H18N2O2S2. The third kappa shape index (κ3) is 3.64. The summed E-state index contributed by atoms with van der Waals surface area (Å²) in [7, 11) is -1.24. The Labute approximate surface area is 125 Å². The Balaban J connectivity index is 2.01. The van der Waals surface area contributed by atoms with Gasteiger partial charge in [0, 0.05) is 17.3 Å². The summed E-state index contributed by atoms with van der Waals surface area (Å²) in [6, 6.07) is 7.83. The molecular weight excluding hydrogens is 292 g/mol. The minimum atomic E-state index is -1.24. The van der Waals surface area contributed by atoms with Crippen LogP contribution >= 0.6 is 11.3 Å². The van der Waals surface area contributed by atoms with Crippen molar-refractivity contribution in [1.29, 1.82) is 0 Å². The van der Waals surface area contributed by atoms with E-state index in [-0.39, 0.29) is 5.91 Å². The Hall–Kier alpha value is -1.27. The van der Waals surface area contributed by atoms with Crippen molar-refractivity contribution in [3.63, 3.8) is 0 Å². The highest BCUT2D eigenvalue weighted by Crippen LogP contribution is 2.23. The fourth-order valence-corrected chi connectivity index (χ4v) is 3.97. The van der Waals surface area contributed by atoms with Crippen molar-refractivity contribution in [2.75, 3.05) is 6.54 Å². The second-order valence-corrected chi connectivity index (χ2v) is 7.41. The van der Waals surface area contributed by atoms with Gasteiger partial charge in [0.25, 0.3) is 0 Å². The highest BCUT2D eigenvalue weighted by molar-refractivity contribution is 7.85. The molecule has 1 aromatic carbocycles. The summed E-state index contributed by atoms with van der Waals surface area (Å²) in [6.07, 6.45) is 0.878. The molecule has 0 spiro atoms. The summed E-state index contributed by atoms with van der Waals surface area (Å²) < 4.78 is 13.3. The van der Waals surface area contributed by atoms with Crippen LogP contribution in [0.2, 0.25) is 0 Å². The molecule has 2 rings (SSSR count). The first kappa shape index (κ1) is 15.1. The number of carbonyl (C=O) groups is 1. The van der Waals surface area contributed by atoms with E-state index < -0.39 is 16.0 Å². The summed E-state index contributed by atoms with van der Waals surface area (Å²) in [5, 5.41) is 3.09. The number of nitrogens with zero attached hydrogens (tertiary/aromatic N) is 1. The van der Waals surface area contributed by atoms with Crippen LogP contribution in [0.1, 0.15) is 25.3 Å². The van der Waals surface area contributed by atoms with Crippen LogP contribution in [0.5, 0.6) is 0 Å². The van der Waals surface area contributed by atoms with Crippen LogP contribution in [0.25, 0.3) is 10.2 Å². The molecule has 4 nitrogen and oxygen atoms in total. The van der Waals surface area contributed by atoms with E-state index in [0.717, 1.165) is 21.6 Å². The summed E-state index contributed by atoms with van der Waals surface area (Å²) >= 11 is 1.54. The van der Waals surface area contributed by atoms with Crippen LogP contribution < -0.4 is 5.32 Å². The second-order valence-electron chi connectivity index (χ2n) is 4.53. The minimum absolute atomic E-state index is 0.147. The lowest BCUT2D eigenvalue weighted by molar-refractivity contribution is -0.120. The van der Waals surface area contributed by atoms with E-state index in [1.165, 1.54) is 11.3 Å². The summed E-state index contributed by atoms with van der Waals surface area (Å²) in [6.45, 7) is 4.32. The SMILES string of the molecule is CCCNC(=O)[C@@H](C)[S@](=O)Cc1nc2ccccc2s1. The van der Waals surface area contributed by atoms with Crippen LogP contribution in [-0.4, -0.2) is 26.9 Å². The van der Waals surface area contributed by atoms with Crippen LogP contribution in [-0.2, 0) is 21.3 Å². The molecule has 0 fully saturated rings. The van der Waals surface area contributed by atoms with Crippen molar-refractivity contribution in [3.05, 3.63) is 29.3 Å². The summed E-state index contributed by atoms with van der Waals surface area (Å²) in [5.41, 5.74) is 0.924. The lowest BCUT2D eigenvalue weighted by Crippen LogP contribution is -2.36. The van der Waals surface area contributed by atoms with Gasteiger partial charge in [-0.3, -0.25) is 9.00 Å².